The van der Waals surface area contributed by atoms with E-state index in [1.54, 1.807) is 42.5 Å². The number of esters is 4. The number of fused-ring (bicyclic) bond motifs is 1. The summed E-state index contributed by atoms with van der Waals surface area (Å²) in [5, 5.41) is 2.95. The van der Waals surface area contributed by atoms with Gasteiger partial charge in [0.15, 0.2) is 24.5 Å². The van der Waals surface area contributed by atoms with Crippen LogP contribution in [0.15, 0.2) is 59.6 Å². The molecule has 16 heteroatoms. The number of hydrogen-bond donors (Lipinski definition) is 1. The number of guanidine groups is 1. The average Bonchev–Trinajstić information content (AvgIpc) is 3.28. The average molecular weight is 679 g/mol. The van der Waals surface area contributed by atoms with Gasteiger partial charge in [-0.3, -0.25) is 43.4 Å². The van der Waals surface area contributed by atoms with Gasteiger partial charge in [0.25, 0.3) is 11.8 Å². The fourth-order valence-corrected chi connectivity index (χ4v) is 5.77. The van der Waals surface area contributed by atoms with Crippen LogP contribution in [0.1, 0.15) is 66.4 Å². The molecule has 0 unspecified atom stereocenters. The molecule has 0 aromatic heterocycles. The molecule has 1 saturated heterocycles. The second-order valence-electron chi connectivity index (χ2n) is 11.4. The zero-order valence-corrected chi connectivity index (χ0v) is 27.0. The van der Waals surface area contributed by atoms with Gasteiger partial charge in [0, 0.05) is 27.7 Å². The molecule has 3 aliphatic heterocycles. The van der Waals surface area contributed by atoms with E-state index in [9.17, 15) is 33.6 Å². The second-order valence-corrected chi connectivity index (χ2v) is 11.4. The molecule has 0 aliphatic carbocycles. The van der Waals surface area contributed by atoms with Crippen molar-refractivity contribution >= 4 is 47.6 Å². The summed E-state index contributed by atoms with van der Waals surface area (Å²) in [5.41, 5.74) is 1.02. The minimum absolute atomic E-state index is 0.128. The molecular weight excluding hydrogens is 644 g/mol. The Bertz CT molecular complexity index is 1660. The molecule has 2 aromatic rings. The normalized spacial score (nSPS) is 24.8. The Morgan fingerprint density at radius 1 is 0.755 bits per heavy atom. The van der Waals surface area contributed by atoms with Crippen molar-refractivity contribution < 1.29 is 57.2 Å². The van der Waals surface area contributed by atoms with E-state index in [-0.39, 0.29) is 23.5 Å². The van der Waals surface area contributed by atoms with Crippen LogP contribution in [0.4, 0.5) is 0 Å². The number of ether oxygens (including phenoxy) is 5. The first kappa shape index (κ1) is 34.7. The molecular formula is C33H34N4O12. The number of rotatable bonds is 9. The number of imide groups is 1. The third kappa shape index (κ3) is 7.75. The first-order valence-corrected chi connectivity index (χ1v) is 15.3. The van der Waals surface area contributed by atoms with Crippen LogP contribution in [-0.2, 0) is 47.7 Å². The van der Waals surface area contributed by atoms with Gasteiger partial charge in [-0.1, -0.05) is 42.5 Å². The third-order valence-corrected chi connectivity index (χ3v) is 7.81. The summed E-state index contributed by atoms with van der Waals surface area (Å²) in [4.78, 5) is 95.7. The van der Waals surface area contributed by atoms with Crippen molar-refractivity contribution in [1.82, 2.24) is 15.1 Å². The van der Waals surface area contributed by atoms with Crippen molar-refractivity contribution in [2.24, 2.45) is 4.99 Å². The summed E-state index contributed by atoms with van der Waals surface area (Å²) in [6.07, 6.45) is -7.31. The Morgan fingerprint density at radius 2 is 1.31 bits per heavy atom. The Balaban J connectivity index is 1.55. The zero-order chi connectivity index (χ0) is 35.4. The predicted molar refractivity (Wildman–Crippen MR) is 165 cm³/mol. The summed E-state index contributed by atoms with van der Waals surface area (Å²) in [7, 11) is 0. The predicted octanol–water partition coefficient (Wildman–Crippen LogP) is 1.24. The molecule has 6 atom stereocenters. The molecule has 0 bridgehead atoms. The quantitative estimate of drug-likeness (QED) is 0.226. The van der Waals surface area contributed by atoms with Crippen LogP contribution < -0.4 is 5.32 Å². The van der Waals surface area contributed by atoms with Crippen LogP contribution in [0.2, 0.25) is 0 Å². The van der Waals surface area contributed by atoms with Crippen LogP contribution in [0, 0.1) is 0 Å². The number of carbonyl (C=O) groups is 7. The van der Waals surface area contributed by atoms with Crippen molar-refractivity contribution in [2.45, 2.75) is 70.8 Å². The molecule has 5 rings (SSSR count). The molecule has 1 N–H and O–H groups in total. The maximum Gasteiger partial charge on any atom is 0.303 e. The van der Waals surface area contributed by atoms with Crippen LogP contribution in [0.3, 0.4) is 0 Å². The highest BCUT2D eigenvalue weighted by Crippen LogP contribution is 2.31. The number of amides is 3. The van der Waals surface area contributed by atoms with Gasteiger partial charge in [0.1, 0.15) is 19.4 Å². The van der Waals surface area contributed by atoms with E-state index in [2.05, 4.69) is 5.32 Å². The van der Waals surface area contributed by atoms with Gasteiger partial charge < -0.3 is 29.0 Å². The first-order valence-electron chi connectivity index (χ1n) is 15.3. The molecule has 3 aliphatic rings. The highest BCUT2D eigenvalue weighted by atomic mass is 16.7. The van der Waals surface area contributed by atoms with Gasteiger partial charge in [-0.2, -0.15) is 0 Å². The summed E-state index contributed by atoms with van der Waals surface area (Å²) in [6, 6.07) is 14.4. The van der Waals surface area contributed by atoms with Gasteiger partial charge in [-0.25, -0.2) is 4.99 Å². The molecule has 49 heavy (non-hydrogen) atoms. The molecule has 16 nitrogen and oxygen atoms in total. The van der Waals surface area contributed by atoms with E-state index in [0.717, 1.165) is 37.5 Å². The Kier molecular flexibility index (Phi) is 10.4. The van der Waals surface area contributed by atoms with Crippen molar-refractivity contribution in [3.05, 3.63) is 71.3 Å². The lowest BCUT2D eigenvalue weighted by molar-refractivity contribution is -0.255. The van der Waals surface area contributed by atoms with Crippen LogP contribution in [-0.4, -0.2) is 101 Å². The lowest BCUT2D eigenvalue weighted by Gasteiger charge is -2.45. The summed E-state index contributed by atoms with van der Waals surface area (Å²) in [6.45, 7) is 3.41. The van der Waals surface area contributed by atoms with Gasteiger partial charge >= 0.3 is 23.9 Å². The Hall–Kier alpha value is -5.64. The Morgan fingerprint density at radius 3 is 1.88 bits per heavy atom. The van der Waals surface area contributed by atoms with Crippen LogP contribution >= 0.6 is 0 Å². The molecule has 0 spiro atoms. The number of benzene rings is 2. The van der Waals surface area contributed by atoms with Gasteiger partial charge in [-0.15, -0.1) is 0 Å². The summed E-state index contributed by atoms with van der Waals surface area (Å²) < 4.78 is 27.8. The van der Waals surface area contributed by atoms with E-state index in [4.69, 9.17) is 28.7 Å². The summed E-state index contributed by atoms with van der Waals surface area (Å²) in [5.74, 6) is -5.09. The standard InChI is InChI=1S/C33H34N4O12/c1-17(38)45-15-25-27(46-18(2)39)28(47-19(3)40)29(48-20(4)41)30(49-25)35-33-34-24(21-10-6-5-7-11-21)14-26(42)36(33)16-37-31(43)22-12-8-9-13-23(22)32(37)44/h5-13,24-25,27-30H,14-16H2,1-4H3,(H,34,35)/t24-,25+,27+,28-,29+,30-/m0/s1. The van der Waals surface area contributed by atoms with E-state index < -0.39 is 91.6 Å². The van der Waals surface area contributed by atoms with Gasteiger partial charge in [0.05, 0.1) is 23.6 Å². The minimum atomic E-state index is -1.52. The summed E-state index contributed by atoms with van der Waals surface area (Å²) >= 11 is 0. The zero-order valence-electron chi connectivity index (χ0n) is 27.0. The van der Waals surface area contributed by atoms with Crippen molar-refractivity contribution in [2.75, 3.05) is 13.3 Å². The fraction of sp³-hybridized carbons (Fsp3) is 0.394. The van der Waals surface area contributed by atoms with Gasteiger partial charge in [-0.05, 0) is 17.7 Å². The third-order valence-electron chi connectivity index (χ3n) is 7.81. The molecule has 1 fully saturated rings. The maximum atomic E-state index is 13.8. The van der Waals surface area contributed by atoms with Gasteiger partial charge in [0.2, 0.25) is 11.9 Å². The van der Waals surface area contributed by atoms with Crippen LogP contribution in [0.25, 0.3) is 0 Å². The highest BCUT2D eigenvalue weighted by molar-refractivity contribution is 6.21. The highest BCUT2D eigenvalue weighted by Gasteiger charge is 2.53. The maximum absolute atomic E-state index is 13.8. The van der Waals surface area contributed by atoms with E-state index in [0.29, 0.717) is 5.56 Å². The second kappa shape index (κ2) is 14.6. The van der Waals surface area contributed by atoms with Crippen molar-refractivity contribution in [3.63, 3.8) is 0 Å². The van der Waals surface area contributed by atoms with Crippen LogP contribution in [0.5, 0.6) is 0 Å². The molecule has 3 amide bonds. The molecule has 258 valence electrons. The fourth-order valence-electron chi connectivity index (χ4n) is 5.77. The monoisotopic (exact) mass is 678 g/mol. The lowest BCUT2D eigenvalue weighted by Crippen LogP contribution is -2.68. The minimum Gasteiger partial charge on any atom is -0.463 e. The molecule has 2 aromatic carbocycles. The van der Waals surface area contributed by atoms with Crippen molar-refractivity contribution in [3.8, 4) is 0 Å². The first-order chi connectivity index (χ1) is 23.3. The number of nitrogens with one attached hydrogen (secondary N) is 1. The molecule has 0 radical (unpaired) electrons. The topological polar surface area (TPSA) is 197 Å². The number of hydrogen-bond acceptors (Lipinski definition) is 14. The van der Waals surface area contributed by atoms with E-state index in [1.165, 1.54) is 12.1 Å². The lowest BCUT2D eigenvalue weighted by atomic mass is 9.97. The smallest absolute Gasteiger partial charge is 0.303 e. The molecule has 3 heterocycles. The largest absolute Gasteiger partial charge is 0.463 e. The number of carbonyl (C=O) groups excluding carboxylic acids is 7. The van der Waals surface area contributed by atoms with E-state index in [1.807, 2.05) is 0 Å². The number of aliphatic imine (C=N–C) groups is 1. The molecule has 0 saturated carbocycles. The van der Waals surface area contributed by atoms with E-state index >= 15 is 0 Å². The van der Waals surface area contributed by atoms with Crippen molar-refractivity contribution in [1.29, 1.82) is 0 Å². The SMILES string of the molecule is CC(=O)OC[C@H]1O[C@H](NC2=N[C@H](c3ccccc3)CC(=O)N2CN2C(=O)c3ccccc3C2=O)[C@H](OC(C)=O)[C@@H](OC(C)=O)[C@@H]1OC(C)=O. The number of nitrogens with zero attached hydrogens (tertiary/aromatic N) is 3. The Labute approximate surface area is 280 Å².